The SMILES string of the molecule is [2H]C(C)(C(=O)O)c1ccc(C([2H])([2H])C(C)C([2H])([2H])[2H])cc1.[2H]C(C)(C(=O)O)c1ccc(CC([2H])(C)C([2H])([2H])[2H])cc1.[2H]C([2H])([2H])C(C(=O)O)c1ccc(C([2H])([2H])C(C)C([2H])([2H])[2H])cc1.[2H]C([2H])([2H])C(C(=O)O)c1ccc(C([2H])([2H])C([2H])(C)C([2H])([2H])[2H])cc1.[2H]C([2H])([2H])C(C(=O)O)c1ccc(CC([2H])(C)C([2H])([2H])[2H])cc1.[2H]C([2H])([2H])C(C)C([2H])([2H])c1ccc(C([2H])(C(=O)O)C([2H])([2H])[2H])cc1.[2H]C([2H])([2H])C([2H])(C)C([2H])([2H])c1ccc(C(C)C(=O)O)cc1.[2H]C([2H])([2H])C([2H])(C)Cc1ccc(C(C)C(=O)O)cc1.[2H]C([2H])([2H])C([2H])(C)Cc1ccc(C([2H])(C(=O)O)C([2H])([2H])[2H])cc1. The van der Waals surface area contributed by atoms with E-state index in [0.717, 1.165) is 67.9 Å². The average molecular weight is 1920 g/mol. The van der Waals surface area contributed by atoms with Crippen molar-refractivity contribution in [1.29, 1.82) is 0 Å². The van der Waals surface area contributed by atoms with Gasteiger partial charge in [0.05, 0.1) is 53.2 Å². The highest BCUT2D eigenvalue weighted by molar-refractivity contribution is 5.79. The summed E-state index contributed by atoms with van der Waals surface area (Å²) in [5, 5.41) is 81.3. The van der Waals surface area contributed by atoms with Gasteiger partial charge in [-0.3, -0.25) is 43.2 Å². The Labute approximate surface area is 895 Å². The largest absolute Gasteiger partial charge is 0.481 e. The van der Waals surface area contributed by atoms with Crippen LogP contribution in [0.25, 0.3) is 0 Å². The summed E-state index contributed by atoms with van der Waals surface area (Å²) in [6.07, 6.45) is -11.5. The maximum absolute atomic E-state index is 11.3. The van der Waals surface area contributed by atoms with Crippen molar-refractivity contribution >= 4 is 53.7 Å². The molecule has 0 aliphatic heterocycles. The molecule has 0 saturated heterocycles. The van der Waals surface area contributed by atoms with E-state index in [1.165, 1.54) is 203 Å². The van der Waals surface area contributed by atoms with Crippen LogP contribution < -0.4 is 0 Å². The molecule has 0 aliphatic carbocycles. The van der Waals surface area contributed by atoms with Gasteiger partial charge in [-0.25, -0.2) is 0 Å². The molecule has 0 aromatic heterocycles. The van der Waals surface area contributed by atoms with Crippen molar-refractivity contribution in [3.05, 3.63) is 319 Å². The van der Waals surface area contributed by atoms with E-state index < -0.39 is 288 Å². The summed E-state index contributed by atoms with van der Waals surface area (Å²) in [7, 11) is 0. The van der Waals surface area contributed by atoms with Crippen molar-refractivity contribution in [1.82, 2.24) is 0 Å². The first-order valence-corrected chi connectivity index (χ1v) is 41.2. The average Bonchev–Trinajstić information content (AvgIpc) is 0.279. The van der Waals surface area contributed by atoms with Crippen LogP contribution in [0.15, 0.2) is 218 Å². The summed E-state index contributed by atoms with van der Waals surface area (Å²) in [6, 6.07) is 48.2. The highest BCUT2D eigenvalue weighted by atomic mass is 16.4. The van der Waals surface area contributed by atoms with Gasteiger partial charge >= 0.3 is 53.7 Å². The molecular formula is C117H162O18. The summed E-state index contributed by atoms with van der Waals surface area (Å²) < 4.78 is 466. The van der Waals surface area contributed by atoms with Crippen LogP contribution in [0, 0.1) is 53.1 Å². The normalized spacial score (nSPS) is 25.5. The Hall–Kier alpha value is -11.8. The van der Waals surface area contributed by atoms with Crippen LogP contribution in [0.5, 0.6) is 0 Å². The molecule has 18 heteroatoms. The lowest BCUT2D eigenvalue weighted by molar-refractivity contribution is -0.139. The molecule has 18 nitrogen and oxygen atoms in total. The van der Waals surface area contributed by atoms with Crippen molar-refractivity contribution in [2.75, 3.05) is 0 Å². The Bertz CT molecular complexity index is 7700. The molecule has 0 bridgehead atoms. The minimum atomic E-state index is -3.13. The van der Waals surface area contributed by atoms with E-state index in [4.69, 9.17) is 131 Å². The molecular weight excluding hydrogens is 1690 g/mol. The first-order valence-electron chi connectivity index (χ1n) is 72.2. The Morgan fingerprint density at radius 3 is 0.511 bits per heavy atom. The number of aliphatic carboxylic acids is 9. The van der Waals surface area contributed by atoms with E-state index in [1.54, 1.807) is 43.3 Å². The second-order valence-electron chi connectivity index (χ2n) is 30.5. The Morgan fingerprint density at radius 1 is 0.193 bits per heavy atom. The van der Waals surface area contributed by atoms with Crippen LogP contribution in [0.1, 0.15) is 424 Å². The van der Waals surface area contributed by atoms with Gasteiger partial charge in [0.25, 0.3) is 0 Å². The van der Waals surface area contributed by atoms with Gasteiger partial charge in [0.15, 0.2) is 0 Å². The zero-order valence-electron chi connectivity index (χ0n) is 139. The van der Waals surface area contributed by atoms with Gasteiger partial charge in [-0.1, -0.05) is 342 Å². The van der Waals surface area contributed by atoms with Crippen molar-refractivity contribution in [2.24, 2.45) is 53.1 Å². The Kier molecular flexibility index (Phi) is 25.2. The lowest BCUT2D eigenvalue weighted by atomic mass is 9.97. The molecule has 9 aromatic rings. The van der Waals surface area contributed by atoms with Crippen molar-refractivity contribution in [2.45, 2.75) is 297 Å². The number of hydrogen-bond acceptors (Lipinski definition) is 9. The molecule has 738 valence electrons. The van der Waals surface area contributed by atoms with Crippen LogP contribution >= 0.6 is 0 Å². The van der Waals surface area contributed by atoms with E-state index in [2.05, 4.69) is 0 Å². The van der Waals surface area contributed by atoms with Crippen LogP contribution in [0.3, 0.4) is 0 Å². The highest BCUT2D eigenvalue weighted by Crippen LogP contribution is 2.27. The number of carboxylic acids is 9. The number of hydrogen-bond donors (Lipinski definition) is 9. The standard InChI is InChI=1S/9C13H18O2/c9*1-9(2)8-11-4-6-12(7-5-11)10(3)13(14)15/h9*4-7,9-10H,8H2,1-3H3,(H,14,15)/i1D3,3D3,9D,10D;1D3,3D3,8D2,10D;1D3,3D3,8D2,9D;1D3,9D,10D;1D3,8D2,10D;1D3,8D2,9D;1D3,3D3,9D;1D3,3D3,8D2;1D3,9D. The lowest BCUT2D eigenvalue weighted by Crippen LogP contribution is -2.07. The van der Waals surface area contributed by atoms with Crippen LogP contribution in [0.2, 0.25) is 0 Å². The number of rotatable bonds is 36. The molecule has 9 rings (SSSR count). The Morgan fingerprint density at radius 2 is 0.356 bits per heavy atom. The minimum absolute atomic E-state index is 0.0126. The monoisotopic (exact) mass is 1920 g/mol. The van der Waals surface area contributed by atoms with E-state index in [0.29, 0.717) is 33.4 Å². The highest BCUT2D eigenvalue weighted by Gasteiger charge is 2.21. The summed E-state index contributed by atoms with van der Waals surface area (Å²) in [4.78, 5) is 99.7. The second kappa shape index (κ2) is 63.5. The topological polar surface area (TPSA) is 336 Å². The van der Waals surface area contributed by atoms with Gasteiger partial charge in [-0.2, -0.15) is 0 Å². The third-order valence-corrected chi connectivity index (χ3v) is 18.1. The van der Waals surface area contributed by atoms with Gasteiger partial charge < -0.3 is 46.0 Å². The molecule has 0 saturated carbocycles. The Balaban J connectivity index is 0.00000111. The molecule has 0 spiro atoms. The molecule has 9 N–H and O–H groups in total. The molecule has 9 aromatic carbocycles. The predicted octanol–water partition coefficient (Wildman–Crippen LogP) is 27.7. The fraction of sp³-hybridized carbons (Fsp3) is 0.462. The number of carboxylic acid groups (broad SMARTS) is 9. The second-order valence-corrected chi connectivity index (χ2v) is 30.5. The smallest absolute Gasteiger partial charge is 0.310 e. The van der Waals surface area contributed by atoms with Gasteiger partial charge in [0.2, 0.25) is 0 Å². The van der Waals surface area contributed by atoms with Crippen molar-refractivity contribution in [3.63, 3.8) is 0 Å². The predicted molar refractivity (Wildman–Crippen MR) is 549 cm³/mol. The maximum atomic E-state index is 11.3. The van der Waals surface area contributed by atoms with Crippen LogP contribution in [-0.4, -0.2) is 99.7 Å². The van der Waals surface area contributed by atoms with E-state index in [9.17, 15) is 43.2 Å². The maximum Gasteiger partial charge on any atom is 0.310 e. The molecule has 0 amide bonds. The van der Waals surface area contributed by atoms with Gasteiger partial charge in [0, 0.05) is 85.0 Å². The molecule has 0 fully saturated rings. The number of benzene rings is 9. The minimum Gasteiger partial charge on any atom is -0.481 e. The number of carbonyl (C=O) groups is 9. The first-order chi connectivity index (χ1) is 87.2. The van der Waals surface area contributed by atoms with E-state index in [1.807, 2.05) is 0 Å². The van der Waals surface area contributed by atoms with Gasteiger partial charge in [-0.05, 0) is 273 Å². The van der Waals surface area contributed by atoms with Crippen LogP contribution in [-0.2, 0) is 101 Å². The third-order valence-electron chi connectivity index (χ3n) is 18.1. The summed E-state index contributed by atoms with van der Waals surface area (Å²) in [6.45, 7) is -20.5. The molecule has 135 heavy (non-hydrogen) atoms. The molecule has 0 heterocycles. The zero-order chi connectivity index (χ0) is 156. The lowest BCUT2D eigenvalue weighted by Gasteiger charge is -2.09. The van der Waals surface area contributed by atoms with Crippen LogP contribution in [0.4, 0.5) is 0 Å². The third kappa shape index (κ3) is 50.9. The summed E-state index contributed by atoms with van der Waals surface area (Å²) in [5.41, 5.74) is 3.58. The first kappa shape index (κ1) is 53.6. The quantitative estimate of drug-likeness (QED) is 0.0176. The van der Waals surface area contributed by atoms with Crippen molar-refractivity contribution < 1.29 is 174 Å². The fourth-order valence-corrected chi connectivity index (χ4v) is 11.0. The molecule has 0 radical (unpaired) electrons. The van der Waals surface area contributed by atoms with Crippen molar-refractivity contribution in [3.8, 4) is 0 Å². The summed E-state index contributed by atoms with van der Waals surface area (Å²) >= 11 is 0. The zero-order valence-corrected chi connectivity index (χ0v) is 76.9. The fourth-order valence-electron chi connectivity index (χ4n) is 11.0. The van der Waals surface area contributed by atoms with Gasteiger partial charge in [0.1, 0.15) is 0 Å². The molecule has 18 unspecified atom stereocenters. The van der Waals surface area contributed by atoms with Gasteiger partial charge in [-0.15, -0.1) is 0 Å². The van der Waals surface area contributed by atoms with E-state index in [-0.39, 0.29) is 86.9 Å². The molecule has 0 aliphatic rings. The summed E-state index contributed by atoms with van der Waals surface area (Å²) in [5.74, 6) is -43.5. The molecule has 18 atom stereocenters. The van der Waals surface area contributed by atoms with E-state index >= 15 is 0 Å².